The Balaban J connectivity index is 2.30. The van der Waals surface area contributed by atoms with Gasteiger partial charge in [0.25, 0.3) is 5.56 Å². The molecule has 0 saturated carbocycles. The Morgan fingerprint density at radius 1 is 1.38 bits per heavy atom. The predicted molar refractivity (Wildman–Crippen MR) is 79.9 cm³/mol. The molecule has 2 aromatic rings. The number of fused-ring (bicyclic) bond motifs is 1. The van der Waals surface area contributed by atoms with Gasteiger partial charge < -0.3 is 9.72 Å². The van der Waals surface area contributed by atoms with Crippen molar-refractivity contribution in [1.82, 2.24) is 14.9 Å². The van der Waals surface area contributed by atoms with Gasteiger partial charge in [0.2, 0.25) is 0 Å². The third-order valence-electron chi connectivity index (χ3n) is 3.31. The van der Waals surface area contributed by atoms with Crippen LogP contribution >= 0.6 is 0 Å². The van der Waals surface area contributed by atoms with Crippen molar-refractivity contribution in [1.29, 1.82) is 0 Å². The van der Waals surface area contributed by atoms with E-state index in [0.29, 0.717) is 17.8 Å². The minimum absolute atomic E-state index is 0.0942. The number of esters is 1. The topological polar surface area (TPSA) is 75.3 Å². The summed E-state index contributed by atoms with van der Waals surface area (Å²) in [6.45, 7) is 4.34. The Hall–Kier alpha value is -2.21. The third-order valence-corrected chi connectivity index (χ3v) is 3.31. The molecule has 6 nitrogen and oxygen atoms in total. The van der Waals surface area contributed by atoms with Crippen LogP contribution in [0.1, 0.15) is 19.5 Å². The minimum atomic E-state index is -0.332. The van der Waals surface area contributed by atoms with Crippen molar-refractivity contribution in [2.45, 2.75) is 26.4 Å². The van der Waals surface area contributed by atoms with Crippen molar-refractivity contribution in [3.8, 4) is 0 Å². The van der Waals surface area contributed by atoms with E-state index in [2.05, 4.69) is 14.7 Å². The smallest absolute Gasteiger partial charge is 0.319 e. The van der Waals surface area contributed by atoms with E-state index >= 15 is 0 Å². The van der Waals surface area contributed by atoms with Crippen LogP contribution in [0.2, 0.25) is 0 Å². The van der Waals surface area contributed by atoms with Gasteiger partial charge in [0, 0.05) is 12.6 Å². The molecule has 1 heterocycles. The zero-order valence-electron chi connectivity index (χ0n) is 12.4. The summed E-state index contributed by atoms with van der Waals surface area (Å²) in [6.07, 6.45) is 0. The third kappa shape index (κ3) is 3.66. The van der Waals surface area contributed by atoms with E-state index in [4.69, 9.17) is 0 Å². The van der Waals surface area contributed by atoms with E-state index in [1.54, 1.807) is 0 Å². The number of methoxy groups -OCH3 is 1. The Labute approximate surface area is 122 Å². The number of aromatic nitrogens is 2. The second-order valence-corrected chi connectivity index (χ2v) is 5.10. The van der Waals surface area contributed by atoms with Gasteiger partial charge in [0.15, 0.2) is 0 Å². The molecule has 1 aromatic carbocycles. The molecular formula is C15H19N3O3. The second kappa shape index (κ2) is 6.49. The molecule has 0 bridgehead atoms. The first-order valence-electron chi connectivity index (χ1n) is 6.80. The number of hydrogen-bond donors (Lipinski definition) is 1. The first kappa shape index (κ1) is 15.2. The fourth-order valence-electron chi connectivity index (χ4n) is 2.02. The summed E-state index contributed by atoms with van der Waals surface area (Å²) >= 11 is 0. The number of aromatic amines is 1. The standard InChI is InChI=1S/C15H19N3O3/c1-10(2)18(9-14(19)21-3)8-13-15(20)17-12-7-5-4-6-11(12)16-13/h4-7,10H,8-9H2,1-3H3,(H,17,20). The summed E-state index contributed by atoms with van der Waals surface area (Å²) in [5.74, 6) is -0.332. The molecule has 0 aliphatic carbocycles. The molecule has 0 aliphatic heterocycles. The van der Waals surface area contributed by atoms with E-state index in [1.807, 2.05) is 43.0 Å². The Morgan fingerprint density at radius 3 is 2.76 bits per heavy atom. The average Bonchev–Trinajstić information content (AvgIpc) is 2.46. The molecule has 0 amide bonds. The highest BCUT2D eigenvalue weighted by Gasteiger charge is 2.17. The van der Waals surface area contributed by atoms with Crippen molar-refractivity contribution in [3.05, 3.63) is 40.3 Å². The number of H-pyrrole nitrogens is 1. The van der Waals surface area contributed by atoms with E-state index in [-0.39, 0.29) is 24.1 Å². The summed E-state index contributed by atoms with van der Waals surface area (Å²) in [5, 5.41) is 0. The molecule has 2 rings (SSSR count). The number of hydrogen-bond acceptors (Lipinski definition) is 5. The monoisotopic (exact) mass is 289 g/mol. The summed E-state index contributed by atoms with van der Waals surface area (Å²) in [7, 11) is 1.35. The molecule has 112 valence electrons. The summed E-state index contributed by atoms with van der Waals surface area (Å²) in [6, 6.07) is 7.46. The molecule has 0 aliphatic rings. The lowest BCUT2D eigenvalue weighted by atomic mass is 10.2. The molecule has 0 fully saturated rings. The number of nitrogens with zero attached hydrogens (tertiary/aromatic N) is 2. The van der Waals surface area contributed by atoms with Crippen LogP contribution in [0.4, 0.5) is 0 Å². The van der Waals surface area contributed by atoms with Crippen LogP contribution < -0.4 is 5.56 Å². The number of ether oxygens (including phenoxy) is 1. The van der Waals surface area contributed by atoms with Gasteiger partial charge in [-0.15, -0.1) is 0 Å². The largest absolute Gasteiger partial charge is 0.468 e. The van der Waals surface area contributed by atoms with Gasteiger partial charge in [0.05, 0.1) is 24.7 Å². The lowest BCUT2D eigenvalue weighted by Gasteiger charge is -2.24. The van der Waals surface area contributed by atoms with Crippen LogP contribution in [-0.2, 0) is 16.1 Å². The zero-order valence-corrected chi connectivity index (χ0v) is 12.4. The van der Waals surface area contributed by atoms with Gasteiger partial charge in [-0.3, -0.25) is 14.5 Å². The fraction of sp³-hybridized carbons (Fsp3) is 0.400. The number of carbonyl (C=O) groups is 1. The van der Waals surface area contributed by atoms with Crippen molar-refractivity contribution >= 4 is 17.0 Å². The van der Waals surface area contributed by atoms with Gasteiger partial charge in [-0.25, -0.2) is 4.98 Å². The molecule has 0 radical (unpaired) electrons. The number of rotatable bonds is 5. The van der Waals surface area contributed by atoms with E-state index in [0.717, 1.165) is 5.52 Å². The molecule has 0 unspecified atom stereocenters. The van der Waals surface area contributed by atoms with Gasteiger partial charge in [0.1, 0.15) is 5.69 Å². The first-order chi connectivity index (χ1) is 10.0. The van der Waals surface area contributed by atoms with E-state index < -0.39 is 0 Å². The van der Waals surface area contributed by atoms with Gasteiger partial charge in [-0.1, -0.05) is 12.1 Å². The normalized spacial score (nSPS) is 11.3. The first-order valence-corrected chi connectivity index (χ1v) is 6.80. The molecule has 0 atom stereocenters. The predicted octanol–water partition coefficient (Wildman–Crippen LogP) is 1.31. The van der Waals surface area contributed by atoms with E-state index in [9.17, 15) is 9.59 Å². The van der Waals surface area contributed by atoms with Crippen molar-refractivity contribution in [2.75, 3.05) is 13.7 Å². The van der Waals surface area contributed by atoms with Crippen LogP contribution in [0.5, 0.6) is 0 Å². The molecule has 21 heavy (non-hydrogen) atoms. The van der Waals surface area contributed by atoms with Gasteiger partial charge in [-0.05, 0) is 26.0 Å². The summed E-state index contributed by atoms with van der Waals surface area (Å²) in [4.78, 5) is 32.6. The summed E-state index contributed by atoms with van der Waals surface area (Å²) in [5.41, 5.74) is 1.60. The number of nitrogens with one attached hydrogen (secondary N) is 1. The highest BCUT2D eigenvalue weighted by Crippen LogP contribution is 2.09. The second-order valence-electron chi connectivity index (χ2n) is 5.10. The SMILES string of the molecule is COC(=O)CN(Cc1nc2ccccc2[nH]c1=O)C(C)C. The molecule has 0 saturated heterocycles. The quantitative estimate of drug-likeness (QED) is 0.840. The highest BCUT2D eigenvalue weighted by atomic mass is 16.5. The fourth-order valence-corrected chi connectivity index (χ4v) is 2.02. The Bertz CT molecular complexity index is 694. The van der Waals surface area contributed by atoms with Gasteiger partial charge >= 0.3 is 5.97 Å². The average molecular weight is 289 g/mol. The van der Waals surface area contributed by atoms with Crippen molar-refractivity contribution < 1.29 is 9.53 Å². The van der Waals surface area contributed by atoms with Crippen LogP contribution in [0, 0.1) is 0 Å². The molecular weight excluding hydrogens is 270 g/mol. The zero-order chi connectivity index (χ0) is 15.4. The lowest BCUT2D eigenvalue weighted by Crippen LogP contribution is -2.37. The van der Waals surface area contributed by atoms with Crippen LogP contribution in [0.25, 0.3) is 11.0 Å². The number of benzene rings is 1. The molecule has 1 aromatic heterocycles. The van der Waals surface area contributed by atoms with E-state index in [1.165, 1.54) is 7.11 Å². The maximum atomic E-state index is 12.1. The highest BCUT2D eigenvalue weighted by molar-refractivity contribution is 5.73. The molecule has 6 heteroatoms. The molecule has 1 N–H and O–H groups in total. The minimum Gasteiger partial charge on any atom is -0.468 e. The Kier molecular flexibility index (Phi) is 4.70. The van der Waals surface area contributed by atoms with Gasteiger partial charge in [-0.2, -0.15) is 0 Å². The molecule has 0 spiro atoms. The van der Waals surface area contributed by atoms with Crippen LogP contribution in [0.3, 0.4) is 0 Å². The van der Waals surface area contributed by atoms with Crippen LogP contribution in [0.15, 0.2) is 29.1 Å². The number of carbonyl (C=O) groups excluding carboxylic acids is 1. The Morgan fingerprint density at radius 2 is 2.10 bits per heavy atom. The summed E-state index contributed by atoms with van der Waals surface area (Å²) < 4.78 is 4.68. The number of para-hydroxylation sites is 2. The van der Waals surface area contributed by atoms with Crippen molar-refractivity contribution in [2.24, 2.45) is 0 Å². The van der Waals surface area contributed by atoms with Crippen LogP contribution in [-0.4, -0.2) is 40.5 Å². The maximum Gasteiger partial charge on any atom is 0.319 e. The van der Waals surface area contributed by atoms with Crippen molar-refractivity contribution in [3.63, 3.8) is 0 Å². The lowest BCUT2D eigenvalue weighted by molar-refractivity contribution is -0.142. The maximum absolute atomic E-state index is 12.1.